The molecular weight excluding hydrogens is 278 g/mol. The van der Waals surface area contributed by atoms with Crippen molar-refractivity contribution in [1.82, 2.24) is 15.2 Å². The Morgan fingerprint density at radius 1 is 1.36 bits per heavy atom. The van der Waals surface area contributed by atoms with E-state index in [4.69, 9.17) is 4.74 Å². The van der Waals surface area contributed by atoms with Crippen LogP contribution in [0, 0.1) is 0 Å². The van der Waals surface area contributed by atoms with E-state index in [2.05, 4.69) is 10.3 Å². The lowest BCUT2D eigenvalue weighted by molar-refractivity contribution is 0.0633. The number of aromatic nitrogens is 1. The van der Waals surface area contributed by atoms with Crippen LogP contribution in [0.5, 0.6) is 5.75 Å². The van der Waals surface area contributed by atoms with Gasteiger partial charge in [0.25, 0.3) is 5.91 Å². The summed E-state index contributed by atoms with van der Waals surface area (Å²) in [5.41, 5.74) is 1.70. The van der Waals surface area contributed by atoms with Crippen LogP contribution in [0.15, 0.2) is 48.8 Å². The van der Waals surface area contributed by atoms with Gasteiger partial charge in [0.1, 0.15) is 5.75 Å². The van der Waals surface area contributed by atoms with E-state index < -0.39 is 0 Å². The standard InChI is InChI=1S/C17H19N3O2/c1-22-15-6-2-4-13(10-15)17(21)20-9-8-19-12-16(20)14-5-3-7-18-11-14/h2-7,10-11,16,19H,8-9,12H2,1H3. The van der Waals surface area contributed by atoms with Crippen molar-refractivity contribution in [2.45, 2.75) is 6.04 Å². The molecule has 1 aromatic carbocycles. The zero-order valence-corrected chi connectivity index (χ0v) is 12.5. The van der Waals surface area contributed by atoms with Crippen LogP contribution in [0.4, 0.5) is 0 Å². The molecule has 5 nitrogen and oxygen atoms in total. The number of ether oxygens (including phenoxy) is 1. The van der Waals surface area contributed by atoms with Crippen molar-refractivity contribution in [2.24, 2.45) is 0 Å². The van der Waals surface area contributed by atoms with E-state index in [9.17, 15) is 4.79 Å². The van der Waals surface area contributed by atoms with Crippen LogP contribution in [-0.4, -0.2) is 42.5 Å². The molecule has 0 aliphatic carbocycles. The first-order valence-corrected chi connectivity index (χ1v) is 7.35. The number of carbonyl (C=O) groups excluding carboxylic acids is 1. The van der Waals surface area contributed by atoms with Crippen LogP contribution in [0.2, 0.25) is 0 Å². The van der Waals surface area contributed by atoms with Crippen molar-refractivity contribution in [3.05, 3.63) is 59.9 Å². The van der Waals surface area contributed by atoms with Crippen molar-refractivity contribution in [2.75, 3.05) is 26.7 Å². The molecule has 1 unspecified atom stereocenters. The van der Waals surface area contributed by atoms with E-state index in [-0.39, 0.29) is 11.9 Å². The Bertz CT molecular complexity index is 645. The van der Waals surface area contributed by atoms with Gasteiger partial charge in [-0.05, 0) is 29.8 Å². The molecule has 22 heavy (non-hydrogen) atoms. The number of methoxy groups -OCH3 is 1. The number of hydrogen-bond donors (Lipinski definition) is 1. The summed E-state index contributed by atoms with van der Waals surface area (Å²) in [5.74, 6) is 0.716. The van der Waals surface area contributed by atoms with Gasteiger partial charge in [-0.3, -0.25) is 9.78 Å². The van der Waals surface area contributed by atoms with Gasteiger partial charge in [-0.2, -0.15) is 0 Å². The van der Waals surface area contributed by atoms with Gasteiger partial charge in [0.2, 0.25) is 0 Å². The lowest BCUT2D eigenvalue weighted by atomic mass is 10.0. The molecular formula is C17H19N3O2. The molecule has 2 aromatic rings. The fourth-order valence-electron chi connectivity index (χ4n) is 2.74. The highest BCUT2D eigenvalue weighted by molar-refractivity contribution is 5.95. The molecule has 114 valence electrons. The minimum atomic E-state index is 0.00107. The number of rotatable bonds is 3. The van der Waals surface area contributed by atoms with Gasteiger partial charge in [-0.1, -0.05) is 12.1 Å². The maximum Gasteiger partial charge on any atom is 0.254 e. The van der Waals surface area contributed by atoms with Gasteiger partial charge in [0, 0.05) is 37.6 Å². The Morgan fingerprint density at radius 3 is 3.05 bits per heavy atom. The molecule has 0 bridgehead atoms. The summed E-state index contributed by atoms with van der Waals surface area (Å²) < 4.78 is 5.21. The zero-order valence-electron chi connectivity index (χ0n) is 12.5. The van der Waals surface area contributed by atoms with Crippen molar-refractivity contribution >= 4 is 5.91 Å². The zero-order chi connectivity index (χ0) is 15.4. The average molecular weight is 297 g/mol. The topological polar surface area (TPSA) is 54.5 Å². The number of piperazine rings is 1. The molecule has 1 aliphatic rings. The number of hydrogen-bond acceptors (Lipinski definition) is 4. The molecule has 1 aliphatic heterocycles. The molecule has 1 N–H and O–H groups in total. The summed E-state index contributed by atoms with van der Waals surface area (Å²) >= 11 is 0. The molecule has 1 amide bonds. The number of carbonyl (C=O) groups is 1. The van der Waals surface area contributed by atoms with Gasteiger partial charge in [0.05, 0.1) is 13.2 Å². The van der Waals surface area contributed by atoms with Gasteiger partial charge < -0.3 is 15.0 Å². The molecule has 3 rings (SSSR count). The second-order valence-electron chi connectivity index (χ2n) is 5.24. The lowest BCUT2D eigenvalue weighted by Gasteiger charge is -2.36. The Labute approximate surface area is 129 Å². The van der Waals surface area contributed by atoms with E-state index in [1.807, 2.05) is 41.4 Å². The van der Waals surface area contributed by atoms with Gasteiger partial charge in [-0.15, -0.1) is 0 Å². The predicted molar refractivity (Wildman–Crippen MR) is 83.9 cm³/mol. The highest BCUT2D eigenvalue weighted by Crippen LogP contribution is 2.24. The third-order valence-corrected chi connectivity index (χ3v) is 3.89. The molecule has 1 atom stereocenters. The van der Waals surface area contributed by atoms with Crippen LogP contribution in [0.1, 0.15) is 22.0 Å². The van der Waals surface area contributed by atoms with Gasteiger partial charge in [0.15, 0.2) is 0 Å². The smallest absolute Gasteiger partial charge is 0.254 e. The van der Waals surface area contributed by atoms with Crippen molar-refractivity contribution in [1.29, 1.82) is 0 Å². The minimum Gasteiger partial charge on any atom is -0.497 e. The van der Waals surface area contributed by atoms with Crippen LogP contribution >= 0.6 is 0 Å². The fraction of sp³-hybridized carbons (Fsp3) is 0.294. The molecule has 0 radical (unpaired) electrons. The first-order valence-electron chi connectivity index (χ1n) is 7.35. The molecule has 1 saturated heterocycles. The lowest BCUT2D eigenvalue weighted by Crippen LogP contribution is -2.48. The summed E-state index contributed by atoms with van der Waals surface area (Å²) in [6.07, 6.45) is 3.57. The maximum absolute atomic E-state index is 12.9. The Hall–Kier alpha value is -2.40. The highest BCUT2D eigenvalue weighted by Gasteiger charge is 2.28. The van der Waals surface area contributed by atoms with Crippen molar-refractivity contribution < 1.29 is 9.53 Å². The summed E-state index contributed by atoms with van der Waals surface area (Å²) in [6, 6.07) is 11.2. The van der Waals surface area contributed by atoms with Crippen LogP contribution in [0.25, 0.3) is 0 Å². The first kappa shape index (κ1) is 14.5. The Balaban J connectivity index is 1.88. The van der Waals surface area contributed by atoms with Crippen LogP contribution in [-0.2, 0) is 0 Å². The molecule has 5 heteroatoms. The van der Waals surface area contributed by atoms with Crippen LogP contribution in [0.3, 0.4) is 0 Å². The van der Waals surface area contributed by atoms with Crippen LogP contribution < -0.4 is 10.1 Å². The van der Waals surface area contributed by atoms with E-state index >= 15 is 0 Å². The Kier molecular flexibility index (Phi) is 4.34. The highest BCUT2D eigenvalue weighted by atomic mass is 16.5. The number of nitrogens with zero attached hydrogens (tertiary/aromatic N) is 2. The number of benzene rings is 1. The molecule has 2 heterocycles. The third-order valence-electron chi connectivity index (χ3n) is 3.89. The quantitative estimate of drug-likeness (QED) is 0.940. The van der Waals surface area contributed by atoms with Crippen molar-refractivity contribution in [3.8, 4) is 5.75 Å². The first-order chi connectivity index (χ1) is 10.8. The van der Waals surface area contributed by atoms with E-state index in [1.54, 1.807) is 19.4 Å². The summed E-state index contributed by atoms with van der Waals surface area (Å²) in [4.78, 5) is 18.9. The summed E-state index contributed by atoms with van der Waals surface area (Å²) in [7, 11) is 1.60. The fourth-order valence-corrected chi connectivity index (χ4v) is 2.74. The average Bonchev–Trinajstić information content (AvgIpc) is 2.62. The van der Waals surface area contributed by atoms with E-state index in [1.165, 1.54) is 0 Å². The second kappa shape index (κ2) is 6.58. The summed E-state index contributed by atoms with van der Waals surface area (Å²) in [5, 5.41) is 3.35. The monoisotopic (exact) mass is 297 g/mol. The SMILES string of the molecule is COc1cccc(C(=O)N2CCNCC2c2cccnc2)c1. The second-order valence-corrected chi connectivity index (χ2v) is 5.24. The van der Waals surface area contributed by atoms with Crippen molar-refractivity contribution in [3.63, 3.8) is 0 Å². The molecule has 1 fully saturated rings. The maximum atomic E-state index is 12.9. The molecule has 0 saturated carbocycles. The third kappa shape index (κ3) is 2.94. The molecule has 1 aromatic heterocycles. The number of nitrogens with one attached hydrogen (secondary N) is 1. The van der Waals surface area contributed by atoms with E-state index in [0.717, 1.165) is 18.7 Å². The van der Waals surface area contributed by atoms with Gasteiger partial charge in [-0.25, -0.2) is 0 Å². The van der Waals surface area contributed by atoms with Gasteiger partial charge >= 0.3 is 0 Å². The minimum absolute atomic E-state index is 0.00107. The largest absolute Gasteiger partial charge is 0.497 e. The normalized spacial score (nSPS) is 18.0. The van der Waals surface area contributed by atoms with E-state index in [0.29, 0.717) is 17.9 Å². The molecule has 0 spiro atoms. The number of amides is 1. The summed E-state index contributed by atoms with van der Waals surface area (Å²) in [6.45, 7) is 2.21. The number of pyridine rings is 1. The Morgan fingerprint density at radius 2 is 2.27 bits per heavy atom. The predicted octanol–water partition coefficient (Wildman–Crippen LogP) is 1.88.